The largest absolute Gasteiger partial charge is 0.466 e. The Hall–Kier alpha value is -1.43. The molecule has 1 aromatic rings. The zero-order valence-corrected chi connectivity index (χ0v) is 12.9. The van der Waals surface area contributed by atoms with Crippen LogP contribution in [0.2, 0.25) is 0 Å². The molecule has 114 valence electrons. The number of nitrogens with zero attached hydrogens (tertiary/aromatic N) is 1. The Balaban J connectivity index is 1.54. The lowest BCUT2D eigenvalue weighted by molar-refractivity contribution is -0.142. The fourth-order valence-electron chi connectivity index (χ4n) is 3.57. The molecule has 0 aromatic carbocycles. The highest BCUT2D eigenvalue weighted by Crippen LogP contribution is 2.48. The molecule has 2 saturated carbocycles. The molecule has 1 N–H and O–H groups in total. The second-order valence-corrected chi connectivity index (χ2v) is 6.75. The predicted octanol–water partition coefficient (Wildman–Crippen LogP) is 2.62. The van der Waals surface area contributed by atoms with Gasteiger partial charge in [-0.1, -0.05) is 6.42 Å². The number of amides is 1. The first-order chi connectivity index (χ1) is 10.2. The van der Waals surface area contributed by atoms with Crippen LogP contribution in [-0.2, 0) is 20.7 Å². The van der Waals surface area contributed by atoms with E-state index in [1.807, 2.05) is 0 Å². The van der Waals surface area contributed by atoms with Crippen LogP contribution >= 0.6 is 11.3 Å². The van der Waals surface area contributed by atoms with Gasteiger partial charge in [0, 0.05) is 11.3 Å². The average molecular weight is 308 g/mol. The van der Waals surface area contributed by atoms with Crippen LogP contribution in [0, 0.1) is 17.8 Å². The summed E-state index contributed by atoms with van der Waals surface area (Å²) in [6.07, 6.45) is 4.88. The van der Waals surface area contributed by atoms with Crippen LogP contribution in [0.15, 0.2) is 5.38 Å². The standard InChI is InChI=1S/C15H20N2O3S/c1-2-20-13(18)7-11-8-21-15(16-11)17-14(19)12-6-9-3-4-10(12)5-9/h8-10,12H,2-7H2,1H3,(H,16,17,19)/t9-,10-,12-/m0/s1. The first-order valence-corrected chi connectivity index (χ1v) is 8.44. The first kappa shape index (κ1) is 14.5. The van der Waals surface area contributed by atoms with E-state index in [0.29, 0.717) is 23.4 Å². The Morgan fingerprint density at radius 2 is 2.29 bits per heavy atom. The third kappa shape index (κ3) is 3.26. The first-order valence-electron chi connectivity index (χ1n) is 7.56. The second-order valence-electron chi connectivity index (χ2n) is 5.90. The van der Waals surface area contributed by atoms with E-state index in [4.69, 9.17) is 4.74 Å². The maximum Gasteiger partial charge on any atom is 0.311 e. The summed E-state index contributed by atoms with van der Waals surface area (Å²) in [5.41, 5.74) is 0.654. The van der Waals surface area contributed by atoms with Crippen LogP contribution in [-0.4, -0.2) is 23.5 Å². The summed E-state index contributed by atoms with van der Waals surface area (Å²) in [6, 6.07) is 0. The third-order valence-electron chi connectivity index (χ3n) is 4.49. The Bertz CT molecular complexity index is 543. The maximum atomic E-state index is 12.3. The Kier molecular flexibility index (Phi) is 4.24. The number of hydrogen-bond donors (Lipinski definition) is 1. The molecular formula is C15H20N2O3S. The van der Waals surface area contributed by atoms with Crippen LogP contribution < -0.4 is 5.32 Å². The van der Waals surface area contributed by atoms with E-state index < -0.39 is 0 Å². The van der Waals surface area contributed by atoms with Gasteiger partial charge in [-0.2, -0.15) is 0 Å². The van der Waals surface area contributed by atoms with Crippen molar-refractivity contribution in [2.24, 2.45) is 17.8 Å². The summed E-state index contributed by atoms with van der Waals surface area (Å²) in [4.78, 5) is 28.0. The number of nitrogens with one attached hydrogen (secondary N) is 1. The number of esters is 1. The van der Waals surface area contributed by atoms with Crippen LogP contribution in [0.5, 0.6) is 0 Å². The van der Waals surface area contributed by atoms with Crippen molar-refractivity contribution in [1.29, 1.82) is 0 Å². The van der Waals surface area contributed by atoms with Gasteiger partial charge in [0.25, 0.3) is 0 Å². The highest BCUT2D eigenvalue weighted by Gasteiger charge is 2.43. The molecule has 0 spiro atoms. The summed E-state index contributed by atoms with van der Waals surface area (Å²) in [5.74, 6) is 1.28. The van der Waals surface area contributed by atoms with E-state index >= 15 is 0 Å². The maximum absolute atomic E-state index is 12.3. The van der Waals surface area contributed by atoms with Gasteiger partial charge >= 0.3 is 5.97 Å². The fraction of sp³-hybridized carbons (Fsp3) is 0.667. The van der Waals surface area contributed by atoms with Gasteiger partial charge in [0.1, 0.15) is 0 Å². The molecule has 1 aromatic heterocycles. The van der Waals surface area contributed by atoms with E-state index in [2.05, 4.69) is 10.3 Å². The fourth-order valence-corrected chi connectivity index (χ4v) is 4.28. The van der Waals surface area contributed by atoms with Gasteiger partial charge in [0.15, 0.2) is 5.13 Å². The number of carbonyl (C=O) groups is 2. The quantitative estimate of drug-likeness (QED) is 0.849. The molecule has 0 unspecified atom stereocenters. The van der Waals surface area contributed by atoms with Crippen molar-refractivity contribution in [3.05, 3.63) is 11.1 Å². The van der Waals surface area contributed by atoms with Crippen LogP contribution in [0.4, 0.5) is 5.13 Å². The van der Waals surface area contributed by atoms with Gasteiger partial charge in [-0.25, -0.2) is 4.98 Å². The van der Waals surface area contributed by atoms with E-state index in [-0.39, 0.29) is 24.2 Å². The number of rotatable bonds is 5. The van der Waals surface area contributed by atoms with Crippen LogP contribution in [0.3, 0.4) is 0 Å². The van der Waals surface area contributed by atoms with Crippen molar-refractivity contribution < 1.29 is 14.3 Å². The summed E-state index contributed by atoms with van der Waals surface area (Å²) in [6.45, 7) is 2.15. The van der Waals surface area contributed by atoms with Gasteiger partial charge in [-0.05, 0) is 38.0 Å². The molecule has 2 aliphatic rings. The average Bonchev–Trinajstić information content (AvgIpc) is 3.15. The van der Waals surface area contributed by atoms with E-state index in [0.717, 1.165) is 12.3 Å². The minimum absolute atomic E-state index is 0.0965. The highest BCUT2D eigenvalue weighted by atomic mass is 32.1. The molecule has 21 heavy (non-hydrogen) atoms. The number of carbonyl (C=O) groups excluding carboxylic acids is 2. The van der Waals surface area contributed by atoms with E-state index in [9.17, 15) is 9.59 Å². The lowest BCUT2D eigenvalue weighted by Gasteiger charge is -2.19. The van der Waals surface area contributed by atoms with Gasteiger partial charge < -0.3 is 10.1 Å². The van der Waals surface area contributed by atoms with Crippen molar-refractivity contribution in [2.45, 2.75) is 39.0 Å². The van der Waals surface area contributed by atoms with E-state index in [1.54, 1.807) is 12.3 Å². The lowest BCUT2D eigenvalue weighted by atomic mass is 9.88. The summed E-state index contributed by atoms with van der Waals surface area (Å²) in [7, 11) is 0. The van der Waals surface area contributed by atoms with Gasteiger partial charge in [-0.15, -0.1) is 11.3 Å². The molecule has 1 amide bonds. The monoisotopic (exact) mass is 308 g/mol. The third-order valence-corrected chi connectivity index (χ3v) is 5.29. The van der Waals surface area contributed by atoms with Crippen molar-refractivity contribution in [2.75, 3.05) is 11.9 Å². The number of fused-ring (bicyclic) bond motifs is 2. The summed E-state index contributed by atoms with van der Waals surface area (Å²) < 4.78 is 4.89. The smallest absolute Gasteiger partial charge is 0.311 e. The van der Waals surface area contributed by atoms with Gasteiger partial charge in [0.05, 0.1) is 18.7 Å². The molecule has 0 aliphatic heterocycles. The minimum Gasteiger partial charge on any atom is -0.466 e. The molecule has 0 saturated heterocycles. The Morgan fingerprint density at radius 3 is 2.95 bits per heavy atom. The second kappa shape index (κ2) is 6.13. The predicted molar refractivity (Wildman–Crippen MR) is 80.0 cm³/mol. The Labute approximate surface area is 128 Å². The topological polar surface area (TPSA) is 68.3 Å². The van der Waals surface area contributed by atoms with Crippen molar-refractivity contribution >= 4 is 28.3 Å². The summed E-state index contributed by atoms with van der Waals surface area (Å²) >= 11 is 1.37. The molecule has 6 heteroatoms. The van der Waals surface area contributed by atoms with Crippen LogP contribution in [0.25, 0.3) is 0 Å². The highest BCUT2D eigenvalue weighted by molar-refractivity contribution is 7.13. The van der Waals surface area contributed by atoms with Crippen molar-refractivity contribution in [1.82, 2.24) is 4.98 Å². The molecule has 2 fully saturated rings. The molecule has 2 aliphatic carbocycles. The molecule has 3 rings (SSSR count). The number of anilines is 1. The number of aromatic nitrogens is 1. The molecule has 3 atom stereocenters. The number of ether oxygens (including phenoxy) is 1. The summed E-state index contributed by atoms with van der Waals surface area (Å²) in [5, 5.41) is 5.29. The zero-order valence-electron chi connectivity index (χ0n) is 12.1. The van der Waals surface area contributed by atoms with Crippen LogP contribution in [0.1, 0.15) is 38.3 Å². The number of thiazole rings is 1. The molecule has 1 heterocycles. The number of hydrogen-bond acceptors (Lipinski definition) is 5. The van der Waals surface area contributed by atoms with Crippen molar-refractivity contribution in [3.63, 3.8) is 0 Å². The molecule has 2 bridgehead atoms. The molecular weight excluding hydrogens is 288 g/mol. The van der Waals surface area contributed by atoms with Crippen molar-refractivity contribution in [3.8, 4) is 0 Å². The minimum atomic E-state index is -0.284. The lowest BCUT2D eigenvalue weighted by Crippen LogP contribution is -2.27. The molecule has 0 radical (unpaired) electrons. The zero-order chi connectivity index (χ0) is 14.8. The van der Waals surface area contributed by atoms with Gasteiger partial charge in [-0.3, -0.25) is 9.59 Å². The SMILES string of the molecule is CCOC(=O)Cc1csc(NC(=O)[C@H]2C[C@H]3CC[C@H]2C3)n1. The Morgan fingerprint density at radius 1 is 1.43 bits per heavy atom. The molecule has 5 nitrogen and oxygen atoms in total. The van der Waals surface area contributed by atoms with E-state index in [1.165, 1.54) is 30.6 Å². The van der Waals surface area contributed by atoms with Gasteiger partial charge in [0.2, 0.25) is 5.91 Å². The normalized spacial score (nSPS) is 26.8.